The highest BCUT2D eigenvalue weighted by molar-refractivity contribution is 5.95. The van der Waals surface area contributed by atoms with Crippen LogP contribution in [0.5, 0.6) is 5.75 Å². The van der Waals surface area contributed by atoms with Gasteiger partial charge in [0.1, 0.15) is 30.0 Å². The van der Waals surface area contributed by atoms with Crippen LogP contribution in [0.1, 0.15) is 52.2 Å². The van der Waals surface area contributed by atoms with Crippen molar-refractivity contribution in [3.63, 3.8) is 0 Å². The van der Waals surface area contributed by atoms with E-state index < -0.39 is 35.7 Å². The van der Waals surface area contributed by atoms with E-state index in [4.69, 9.17) is 25.3 Å². The number of benzene rings is 2. The Morgan fingerprint density at radius 3 is 1.89 bits per heavy atom. The summed E-state index contributed by atoms with van der Waals surface area (Å²) in [5.74, 6) is -0.986. The summed E-state index contributed by atoms with van der Waals surface area (Å²) in [5.41, 5.74) is 6.36. The summed E-state index contributed by atoms with van der Waals surface area (Å²) in [7, 11) is 3.50. The van der Waals surface area contributed by atoms with Crippen LogP contribution in [0, 0.1) is 5.92 Å². The van der Waals surface area contributed by atoms with Crippen LogP contribution in [0.15, 0.2) is 54.6 Å². The zero-order chi connectivity index (χ0) is 29.3. The molecule has 0 unspecified atom stereocenters. The molecule has 0 saturated carbocycles. The summed E-state index contributed by atoms with van der Waals surface area (Å²) >= 11 is 0. The second kappa shape index (κ2) is 17.8. The second-order valence-electron chi connectivity index (χ2n) is 9.73. The quantitative estimate of drug-likeness (QED) is 0.290. The van der Waals surface area contributed by atoms with Crippen LogP contribution in [0.3, 0.4) is 0 Å². The van der Waals surface area contributed by atoms with Crippen LogP contribution in [0.4, 0.5) is 4.79 Å². The molecular weight excluding hydrogens is 491 g/mol. The first-order chi connectivity index (χ1) is 17.8. The number of carbonyl (C=O) groups excluding carboxylic acids is 1. The Morgan fingerprint density at radius 2 is 1.47 bits per heavy atom. The first-order valence-corrected chi connectivity index (χ1v) is 12.0. The summed E-state index contributed by atoms with van der Waals surface area (Å²) in [6.45, 7) is 9.51. The molecule has 38 heavy (non-hydrogen) atoms. The van der Waals surface area contributed by atoms with Crippen molar-refractivity contribution >= 4 is 26.1 Å². The number of amides is 1. The molecular formula is C27H39BN2O8. The lowest BCUT2D eigenvalue weighted by atomic mass is 10.1. The standard InChI is InChI=1S/C21H25NO5.C6H13NO2.BHO/c1-21(2,3)27-20(25)22-18(19(23)24)13-15-9-11-17(12-10-15)26-14-16-7-5-4-6-8-16;1-4(2)3-5(7)6(8)9;1-2/h4-12,18H,13-14H2,1-3H3,(H,22,25)(H,23,24);4-5H,3,7H2,1-2H3,(H,8,9);2H/t18-;5-;/m00./s1. The molecule has 2 aromatic rings. The second-order valence-corrected chi connectivity index (χ2v) is 9.73. The number of alkyl carbamates (subject to hydrolysis) is 1. The predicted molar refractivity (Wildman–Crippen MR) is 145 cm³/mol. The lowest BCUT2D eigenvalue weighted by Crippen LogP contribution is -2.44. The van der Waals surface area contributed by atoms with E-state index >= 15 is 0 Å². The third-order valence-electron chi connectivity index (χ3n) is 4.64. The number of nitrogens with two attached hydrogens (primary N) is 1. The van der Waals surface area contributed by atoms with Gasteiger partial charge in [0.25, 0.3) is 8.05 Å². The van der Waals surface area contributed by atoms with Gasteiger partial charge in [-0.15, -0.1) is 0 Å². The van der Waals surface area contributed by atoms with Crippen LogP contribution < -0.4 is 15.8 Å². The average Bonchev–Trinajstić information content (AvgIpc) is 2.84. The lowest BCUT2D eigenvalue weighted by Gasteiger charge is -2.22. The van der Waals surface area contributed by atoms with Gasteiger partial charge in [-0.2, -0.15) is 0 Å². The Balaban J connectivity index is 0.00000105. The van der Waals surface area contributed by atoms with E-state index in [-0.39, 0.29) is 6.42 Å². The van der Waals surface area contributed by atoms with Gasteiger partial charge in [-0.1, -0.05) is 56.3 Å². The third-order valence-corrected chi connectivity index (χ3v) is 4.64. The van der Waals surface area contributed by atoms with Gasteiger partial charge in [0, 0.05) is 6.42 Å². The maximum absolute atomic E-state index is 11.8. The highest BCUT2D eigenvalue weighted by Gasteiger charge is 2.24. The van der Waals surface area contributed by atoms with Crippen molar-refractivity contribution in [3.8, 4) is 5.75 Å². The number of aliphatic carboxylic acids is 2. The van der Waals surface area contributed by atoms with E-state index in [1.54, 1.807) is 45.0 Å². The van der Waals surface area contributed by atoms with Gasteiger partial charge in [0.15, 0.2) is 0 Å². The number of carbonyl (C=O) groups is 3. The van der Waals surface area contributed by atoms with Crippen molar-refractivity contribution in [1.82, 2.24) is 5.32 Å². The molecule has 0 aliphatic rings. The summed E-state index contributed by atoms with van der Waals surface area (Å²) in [6.07, 6.45) is -0.0548. The van der Waals surface area contributed by atoms with Gasteiger partial charge >= 0.3 is 18.0 Å². The average molecular weight is 530 g/mol. The fourth-order valence-corrected chi connectivity index (χ4v) is 2.96. The normalized spacial score (nSPS) is 12.0. The number of ether oxygens (including phenoxy) is 2. The monoisotopic (exact) mass is 530 g/mol. The van der Waals surface area contributed by atoms with Crippen molar-refractivity contribution in [1.29, 1.82) is 0 Å². The molecule has 0 aliphatic carbocycles. The minimum atomic E-state index is -1.12. The van der Waals surface area contributed by atoms with Gasteiger partial charge in [-0.25, -0.2) is 9.59 Å². The molecule has 2 rings (SSSR count). The molecule has 6 N–H and O–H groups in total. The predicted octanol–water partition coefficient (Wildman–Crippen LogP) is 3.29. The van der Waals surface area contributed by atoms with E-state index in [0.29, 0.717) is 24.7 Å². The largest absolute Gasteiger partial charge is 0.489 e. The number of hydrogen-bond acceptors (Lipinski definition) is 7. The minimum Gasteiger partial charge on any atom is -0.489 e. The van der Waals surface area contributed by atoms with Crippen molar-refractivity contribution < 1.29 is 39.1 Å². The Hall–Kier alpha value is -3.57. The zero-order valence-electron chi connectivity index (χ0n) is 22.6. The molecule has 0 fully saturated rings. The molecule has 2 aromatic carbocycles. The Morgan fingerprint density at radius 1 is 0.921 bits per heavy atom. The number of rotatable bonds is 10. The van der Waals surface area contributed by atoms with Crippen LogP contribution >= 0.6 is 0 Å². The zero-order valence-corrected chi connectivity index (χ0v) is 22.6. The molecule has 0 aromatic heterocycles. The van der Waals surface area contributed by atoms with Crippen LogP contribution in [-0.2, 0) is 27.4 Å². The molecule has 2 atom stereocenters. The molecule has 10 nitrogen and oxygen atoms in total. The van der Waals surface area contributed by atoms with Crippen molar-refractivity contribution in [3.05, 3.63) is 65.7 Å². The third kappa shape index (κ3) is 16.2. The Labute approximate surface area is 225 Å². The Kier molecular flexibility index (Phi) is 16.1. The van der Waals surface area contributed by atoms with Gasteiger partial charge in [0.05, 0.1) is 0 Å². The number of hydrogen-bond donors (Lipinski definition) is 5. The summed E-state index contributed by atoms with van der Waals surface area (Å²) in [5, 5.41) is 26.5. The Bertz CT molecular complexity index is 963. The van der Waals surface area contributed by atoms with E-state index in [1.807, 2.05) is 44.2 Å². The lowest BCUT2D eigenvalue weighted by molar-refractivity contribution is -0.140. The SMILES string of the molecule is CC(C)(C)OC(=O)N[C@@H](Cc1ccc(OCc2ccccc2)cc1)C(=O)O.CC(C)C[C@H](N)C(=O)O.[B]O. The summed E-state index contributed by atoms with van der Waals surface area (Å²) < 4.78 is 10.8. The molecule has 1 amide bonds. The van der Waals surface area contributed by atoms with Crippen molar-refractivity contribution in [2.24, 2.45) is 11.7 Å². The van der Waals surface area contributed by atoms with Crippen LogP contribution in [0.25, 0.3) is 0 Å². The molecule has 11 heteroatoms. The van der Waals surface area contributed by atoms with Crippen LogP contribution in [0.2, 0.25) is 0 Å². The fraction of sp³-hybridized carbons (Fsp3) is 0.444. The van der Waals surface area contributed by atoms with Crippen LogP contribution in [-0.4, -0.2) is 59.0 Å². The first kappa shape index (κ1) is 34.4. The van der Waals surface area contributed by atoms with Crippen molar-refractivity contribution in [2.45, 2.75) is 71.8 Å². The van der Waals surface area contributed by atoms with E-state index in [9.17, 15) is 19.5 Å². The van der Waals surface area contributed by atoms with Gasteiger partial charge in [-0.05, 0) is 56.4 Å². The summed E-state index contributed by atoms with van der Waals surface area (Å²) in [6, 6.07) is 15.2. The van der Waals surface area contributed by atoms with Gasteiger partial charge in [0.2, 0.25) is 0 Å². The molecule has 0 bridgehead atoms. The van der Waals surface area contributed by atoms with E-state index in [2.05, 4.69) is 13.4 Å². The minimum absolute atomic E-state index is 0.146. The molecule has 0 spiro atoms. The first-order valence-electron chi connectivity index (χ1n) is 12.0. The molecule has 2 radical (unpaired) electrons. The molecule has 0 heterocycles. The number of nitrogens with one attached hydrogen (secondary N) is 1. The van der Waals surface area contributed by atoms with E-state index in [1.165, 1.54) is 0 Å². The number of carboxylic acids is 2. The van der Waals surface area contributed by atoms with Gasteiger partial charge in [-0.3, -0.25) is 4.79 Å². The molecule has 0 aliphatic heterocycles. The maximum atomic E-state index is 11.8. The fourth-order valence-electron chi connectivity index (χ4n) is 2.96. The topological polar surface area (TPSA) is 168 Å². The van der Waals surface area contributed by atoms with Crippen molar-refractivity contribution in [2.75, 3.05) is 0 Å². The molecule has 0 saturated heterocycles. The van der Waals surface area contributed by atoms with E-state index in [0.717, 1.165) is 11.1 Å². The maximum Gasteiger partial charge on any atom is 0.408 e. The summed E-state index contributed by atoms with van der Waals surface area (Å²) in [4.78, 5) is 33.4. The highest BCUT2D eigenvalue weighted by atomic mass is 16.6. The smallest absolute Gasteiger partial charge is 0.408 e. The number of carboxylic acid groups (broad SMARTS) is 2. The van der Waals surface area contributed by atoms with Gasteiger partial charge < -0.3 is 35.8 Å². The molecule has 208 valence electrons. The highest BCUT2D eigenvalue weighted by Crippen LogP contribution is 2.16.